The second-order valence-corrected chi connectivity index (χ2v) is 10.6. The second-order valence-electron chi connectivity index (χ2n) is 10.6. The third-order valence-corrected chi connectivity index (χ3v) is 8.27. The zero-order chi connectivity index (χ0) is 24.9. The minimum absolute atomic E-state index is 0.0414. The highest BCUT2D eigenvalue weighted by Gasteiger charge is 2.38. The monoisotopic (exact) mass is 483 g/mol. The molecule has 1 N–H and O–H groups in total. The molecule has 3 aromatic rings. The molecule has 1 aliphatic carbocycles. The van der Waals surface area contributed by atoms with Crippen LogP contribution in [0.1, 0.15) is 49.1 Å². The average Bonchev–Trinajstić information content (AvgIpc) is 3.66. The molecule has 1 aromatic heterocycles. The van der Waals surface area contributed by atoms with Crippen LogP contribution in [0.15, 0.2) is 47.3 Å². The van der Waals surface area contributed by atoms with Crippen molar-refractivity contribution in [3.05, 3.63) is 81.2 Å². The Labute approximate surface area is 210 Å². The number of rotatable bonds is 4. The van der Waals surface area contributed by atoms with Crippen molar-refractivity contribution in [3.8, 4) is 17.1 Å². The molecule has 7 heteroatoms. The Balaban J connectivity index is 1.45. The third-order valence-electron chi connectivity index (χ3n) is 8.27. The topological polar surface area (TPSA) is 54.5 Å². The number of benzene rings is 2. The summed E-state index contributed by atoms with van der Waals surface area (Å²) in [6.45, 7) is 12.9. The SMILES string of the molecule is [C-]#[N+]c1ccc(-c2nc(N3CCC4(CCNC4)CC3)c(C)c(=O)n2-c2ccc(C3CC3)cc2)cc1F. The Morgan fingerprint density at radius 2 is 1.86 bits per heavy atom. The summed E-state index contributed by atoms with van der Waals surface area (Å²) < 4.78 is 16.3. The van der Waals surface area contributed by atoms with Gasteiger partial charge < -0.3 is 10.2 Å². The largest absolute Gasteiger partial charge is 0.356 e. The van der Waals surface area contributed by atoms with E-state index in [1.807, 2.05) is 19.1 Å². The van der Waals surface area contributed by atoms with Crippen LogP contribution in [0.5, 0.6) is 0 Å². The maximum absolute atomic E-state index is 14.7. The van der Waals surface area contributed by atoms with E-state index in [0.29, 0.717) is 39.8 Å². The molecule has 184 valence electrons. The summed E-state index contributed by atoms with van der Waals surface area (Å²) in [4.78, 5) is 24.3. The van der Waals surface area contributed by atoms with Crippen molar-refractivity contribution in [1.29, 1.82) is 0 Å². The first-order valence-corrected chi connectivity index (χ1v) is 12.9. The van der Waals surface area contributed by atoms with E-state index in [1.165, 1.54) is 37.0 Å². The Hall–Kier alpha value is -3.50. The van der Waals surface area contributed by atoms with Gasteiger partial charge in [-0.05, 0) is 80.7 Å². The number of halogens is 1. The molecule has 3 heterocycles. The van der Waals surface area contributed by atoms with Gasteiger partial charge in [-0.15, -0.1) is 0 Å². The Bertz CT molecular complexity index is 1400. The first kappa shape index (κ1) is 22.9. The normalized spacial score (nSPS) is 19.0. The Morgan fingerprint density at radius 1 is 1.11 bits per heavy atom. The van der Waals surface area contributed by atoms with Gasteiger partial charge in [0.2, 0.25) is 5.69 Å². The van der Waals surface area contributed by atoms with Crippen molar-refractivity contribution in [2.45, 2.75) is 44.9 Å². The fourth-order valence-electron chi connectivity index (χ4n) is 5.80. The van der Waals surface area contributed by atoms with E-state index in [0.717, 1.165) is 39.0 Å². The molecule has 36 heavy (non-hydrogen) atoms. The van der Waals surface area contributed by atoms with Crippen LogP contribution >= 0.6 is 0 Å². The van der Waals surface area contributed by atoms with Gasteiger partial charge in [0.1, 0.15) is 17.5 Å². The highest BCUT2D eigenvalue weighted by atomic mass is 19.1. The molecule has 1 spiro atoms. The van der Waals surface area contributed by atoms with E-state index in [4.69, 9.17) is 11.6 Å². The number of nitrogens with zero attached hydrogens (tertiary/aromatic N) is 4. The third kappa shape index (κ3) is 4.00. The minimum Gasteiger partial charge on any atom is -0.356 e. The maximum Gasteiger partial charge on any atom is 0.263 e. The summed E-state index contributed by atoms with van der Waals surface area (Å²) in [6.07, 6.45) is 5.75. The smallest absolute Gasteiger partial charge is 0.263 e. The molecule has 2 aromatic carbocycles. The van der Waals surface area contributed by atoms with Gasteiger partial charge in [0.25, 0.3) is 5.56 Å². The number of piperidine rings is 1. The van der Waals surface area contributed by atoms with E-state index >= 15 is 0 Å². The molecule has 6 nitrogen and oxygen atoms in total. The molecule has 0 radical (unpaired) electrons. The van der Waals surface area contributed by atoms with E-state index < -0.39 is 5.82 Å². The quantitative estimate of drug-likeness (QED) is 0.508. The first-order chi connectivity index (χ1) is 17.5. The number of anilines is 1. The fourth-order valence-corrected chi connectivity index (χ4v) is 5.80. The van der Waals surface area contributed by atoms with Gasteiger partial charge in [-0.3, -0.25) is 9.36 Å². The predicted octanol–water partition coefficient (Wildman–Crippen LogP) is 5.36. The zero-order valence-electron chi connectivity index (χ0n) is 20.6. The molecule has 0 unspecified atom stereocenters. The van der Waals surface area contributed by atoms with Crippen molar-refractivity contribution >= 4 is 11.5 Å². The van der Waals surface area contributed by atoms with E-state index in [-0.39, 0.29) is 11.2 Å². The number of aromatic nitrogens is 2. The van der Waals surface area contributed by atoms with E-state index in [1.54, 1.807) is 10.6 Å². The van der Waals surface area contributed by atoms with Crippen LogP contribution in [0.2, 0.25) is 0 Å². The van der Waals surface area contributed by atoms with Gasteiger partial charge >= 0.3 is 0 Å². The van der Waals surface area contributed by atoms with Gasteiger partial charge in [-0.1, -0.05) is 24.3 Å². The van der Waals surface area contributed by atoms with Crippen molar-refractivity contribution in [1.82, 2.24) is 14.9 Å². The molecule has 0 atom stereocenters. The lowest BCUT2D eigenvalue weighted by Crippen LogP contribution is -2.43. The lowest BCUT2D eigenvalue weighted by molar-refractivity contribution is 0.247. The van der Waals surface area contributed by atoms with E-state index in [9.17, 15) is 9.18 Å². The van der Waals surface area contributed by atoms with Crippen molar-refractivity contribution in [3.63, 3.8) is 0 Å². The summed E-state index contributed by atoms with van der Waals surface area (Å²) in [7, 11) is 0. The van der Waals surface area contributed by atoms with Crippen LogP contribution in [-0.4, -0.2) is 35.7 Å². The van der Waals surface area contributed by atoms with Crippen LogP contribution in [0.25, 0.3) is 21.9 Å². The Morgan fingerprint density at radius 3 is 2.47 bits per heavy atom. The summed E-state index contributed by atoms with van der Waals surface area (Å²) >= 11 is 0. The van der Waals surface area contributed by atoms with Crippen LogP contribution < -0.4 is 15.8 Å². The fraction of sp³-hybridized carbons (Fsp3) is 0.414. The van der Waals surface area contributed by atoms with Crippen LogP contribution in [0, 0.1) is 24.7 Å². The summed E-state index contributed by atoms with van der Waals surface area (Å²) in [5.41, 5.74) is 3.25. The number of nitrogens with one attached hydrogen (secondary N) is 1. The summed E-state index contributed by atoms with van der Waals surface area (Å²) in [5.74, 6) is 1.09. The van der Waals surface area contributed by atoms with Crippen molar-refractivity contribution in [2.24, 2.45) is 5.41 Å². The summed E-state index contributed by atoms with van der Waals surface area (Å²) in [5, 5.41) is 3.50. The minimum atomic E-state index is -0.608. The summed E-state index contributed by atoms with van der Waals surface area (Å²) in [6, 6.07) is 12.5. The van der Waals surface area contributed by atoms with Crippen LogP contribution in [0.3, 0.4) is 0 Å². The van der Waals surface area contributed by atoms with Gasteiger partial charge in [0.05, 0.1) is 17.8 Å². The van der Waals surface area contributed by atoms with Gasteiger partial charge in [0, 0.05) is 25.2 Å². The van der Waals surface area contributed by atoms with Crippen LogP contribution in [-0.2, 0) is 0 Å². The maximum atomic E-state index is 14.7. The molecule has 2 saturated heterocycles. The molecule has 3 fully saturated rings. The second kappa shape index (κ2) is 8.86. The number of hydrogen-bond acceptors (Lipinski definition) is 4. The van der Waals surface area contributed by atoms with E-state index in [2.05, 4.69) is 27.2 Å². The van der Waals surface area contributed by atoms with Crippen molar-refractivity contribution < 1.29 is 4.39 Å². The van der Waals surface area contributed by atoms with Crippen LogP contribution in [0.4, 0.5) is 15.9 Å². The molecule has 2 aliphatic heterocycles. The average molecular weight is 484 g/mol. The van der Waals surface area contributed by atoms with Gasteiger partial charge in [-0.25, -0.2) is 14.2 Å². The molecule has 0 bridgehead atoms. The first-order valence-electron chi connectivity index (χ1n) is 12.9. The lowest BCUT2D eigenvalue weighted by Gasteiger charge is -2.40. The Kier molecular flexibility index (Phi) is 5.65. The molecule has 1 saturated carbocycles. The van der Waals surface area contributed by atoms with Gasteiger partial charge in [0.15, 0.2) is 0 Å². The predicted molar refractivity (Wildman–Crippen MR) is 140 cm³/mol. The highest BCUT2D eigenvalue weighted by Crippen LogP contribution is 2.41. The zero-order valence-corrected chi connectivity index (χ0v) is 20.6. The van der Waals surface area contributed by atoms with Gasteiger partial charge in [-0.2, -0.15) is 0 Å². The standard InChI is InChI=1S/C29H30FN5O/c1-19-26(34-15-12-29(13-16-34)11-14-32-18-29)33-27(22-7-10-25(31-2)24(30)17-22)35(28(19)36)23-8-5-21(6-9-23)20-3-4-20/h5-10,17,20,32H,3-4,11-16,18H2,1H3. The van der Waals surface area contributed by atoms with Crippen molar-refractivity contribution in [2.75, 3.05) is 31.1 Å². The molecule has 0 amide bonds. The highest BCUT2D eigenvalue weighted by molar-refractivity contribution is 5.66. The molecular weight excluding hydrogens is 453 g/mol. The molecule has 6 rings (SSSR count). The lowest BCUT2D eigenvalue weighted by atomic mass is 9.78. The molecular formula is C29H30FN5O. The molecule has 3 aliphatic rings. The number of hydrogen-bond donors (Lipinski definition) is 1.